The van der Waals surface area contributed by atoms with Gasteiger partial charge in [-0.1, -0.05) is 48.5 Å². The van der Waals surface area contributed by atoms with Crippen molar-refractivity contribution >= 4 is 12.1 Å². The number of esters is 1. The van der Waals surface area contributed by atoms with Crippen LogP contribution in [0.3, 0.4) is 0 Å². The van der Waals surface area contributed by atoms with Crippen LogP contribution in [0.5, 0.6) is 0 Å². The lowest BCUT2D eigenvalue weighted by molar-refractivity contribution is -0.191. The highest BCUT2D eigenvalue weighted by Gasteiger charge is 2.31. The van der Waals surface area contributed by atoms with Crippen LogP contribution in [0.4, 0.5) is 4.79 Å². The van der Waals surface area contributed by atoms with Gasteiger partial charge in [0.05, 0.1) is 19.3 Å². The smallest absolute Gasteiger partial charge is 0.407 e. The summed E-state index contributed by atoms with van der Waals surface area (Å²) < 4.78 is 34.2. The van der Waals surface area contributed by atoms with E-state index in [9.17, 15) is 9.59 Å². The molecule has 4 atom stereocenters. The molecule has 0 saturated carbocycles. The molecule has 5 rings (SSSR count). The van der Waals surface area contributed by atoms with Crippen molar-refractivity contribution in [2.45, 2.75) is 82.5 Å². The fraction of sp³-hybridized carbons (Fsp3) is 0.562. The SMILES string of the molecule is CC(CCOCC(NC(=O)OCC1c2ccccc2-c2ccccc21)C(=O)OC1CCCCO1)OC1CCCCO1. The van der Waals surface area contributed by atoms with Crippen molar-refractivity contribution in [1.82, 2.24) is 5.32 Å². The van der Waals surface area contributed by atoms with Crippen molar-refractivity contribution in [3.05, 3.63) is 59.7 Å². The second-order valence-electron chi connectivity index (χ2n) is 10.9. The fourth-order valence-corrected chi connectivity index (χ4v) is 5.56. The number of hydrogen-bond acceptors (Lipinski definition) is 8. The summed E-state index contributed by atoms with van der Waals surface area (Å²) in [5.41, 5.74) is 4.52. The molecule has 2 heterocycles. The summed E-state index contributed by atoms with van der Waals surface area (Å²) >= 11 is 0. The average molecular weight is 568 g/mol. The molecule has 1 amide bonds. The Balaban J connectivity index is 1.14. The molecule has 41 heavy (non-hydrogen) atoms. The van der Waals surface area contributed by atoms with Gasteiger partial charge in [0.25, 0.3) is 0 Å². The number of benzene rings is 2. The molecule has 2 saturated heterocycles. The molecule has 0 spiro atoms. The summed E-state index contributed by atoms with van der Waals surface area (Å²) in [6, 6.07) is 15.2. The number of amides is 1. The Morgan fingerprint density at radius 1 is 0.902 bits per heavy atom. The number of rotatable bonds is 12. The molecule has 2 aromatic rings. The zero-order valence-corrected chi connectivity index (χ0v) is 23.8. The molecule has 0 bridgehead atoms. The van der Waals surface area contributed by atoms with Gasteiger partial charge >= 0.3 is 12.1 Å². The molecule has 9 nitrogen and oxygen atoms in total. The minimum absolute atomic E-state index is 0.0532. The zero-order chi connectivity index (χ0) is 28.4. The summed E-state index contributed by atoms with van der Waals surface area (Å²) in [6.07, 6.45) is 4.61. The highest BCUT2D eigenvalue weighted by Crippen LogP contribution is 2.44. The van der Waals surface area contributed by atoms with Gasteiger partial charge in [0, 0.05) is 25.6 Å². The van der Waals surface area contributed by atoms with Gasteiger partial charge in [-0.15, -0.1) is 0 Å². The Morgan fingerprint density at radius 3 is 2.17 bits per heavy atom. The van der Waals surface area contributed by atoms with Crippen molar-refractivity contribution in [2.24, 2.45) is 0 Å². The van der Waals surface area contributed by atoms with Gasteiger partial charge in [-0.25, -0.2) is 9.59 Å². The van der Waals surface area contributed by atoms with Gasteiger partial charge in [-0.05, 0) is 67.7 Å². The number of carbonyl (C=O) groups excluding carboxylic acids is 2. The first-order chi connectivity index (χ1) is 20.1. The highest BCUT2D eigenvalue weighted by atomic mass is 16.7. The van der Waals surface area contributed by atoms with E-state index in [-0.39, 0.29) is 31.5 Å². The number of fused-ring (bicyclic) bond motifs is 3. The molecule has 2 fully saturated rings. The highest BCUT2D eigenvalue weighted by molar-refractivity contribution is 5.82. The first-order valence-corrected chi connectivity index (χ1v) is 14.9. The Bertz CT molecular complexity index is 1100. The van der Waals surface area contributed by atoms with Crippen LogP contribution in [0, 0.1) is 0 Å². The minimum Gasteiger partial charge on any atom is -0.449 e. The molecule has 9 heteroatoms. The molecular formula is C32H41NO8. The lowest BCUT2D eigenvalue weighted by Gasteiger charge is -2.26. The predicted octanol–water partition coefficient (Wildman–Crippen LogP) is 5.30. The molecule has 3 aliphatic rings. The predicted molar refractivity (Wildman–Crippen MR) is 151 cm³/mol. The van der Waals surface area contributed by atoms with Crippen LogP contribution in [-0.4, -0.2) is 69.8 Å². The molecule has 222 valence electrons. The summed E-state index contributed by atoms with van der Waals surface area (Å²) in [5.74, 6) is -0.689. The molecule has 4 unspecified atom stereocenters. The molecule has 1 N–H and O–H groups in total. The van der Waals surface area contributed by atoms with E-state index in [1.807, 2.05) is 31.2 Å². The zero-order valence-electron chi connectivity index (χ0n) is 23.8. The largest absolute Gasteiger partial charge is 0.449 e. The molecule has 0 aromatic heterocycles. The lowest BCUT2D eigenvalue weighted by Crippen LogP contribution is -2.47. The molecular weight excluding hydrogens is 526 g/mol. The molecule has 2 aromatic carbocycles. The van der Waals surface area contributed by atoms with Crippen LogP contribution in [0.2, 0.25) is 0 Å². The van der Waals surface area contributed by atoms with E-state index in [1.54, 1.807) is 0 Å². The van der Waals surface area contributed by atoms with Crippen molar-refractivity contribution in [3.8, 4) is 11.1 Å². The standard InChI is InChI=1S/C32H41NO8/c1-22(40-29-14-6-8-17-37-29)16-19-36-21-28(31(34)41-30-15-7-9-18-38-30)33-32(35)39-20-27-25-12-4-2-10-23(25)24-11-3-5-13-26(24)27/h2-5,10-13,22,27-30H,6-9,14-21H2,1H3,(H,33,35). The van der Waals surface area contributed by atoms with Gasteiger partial charge in [0.2, 0.25) is 6.29 Å². The van der Waals surface area contributed by atoms with E-state index in [2.05, 4.69) is 29.6 Å². The second kappa shape index (κ2) is 14.8. The van der Waals surface area contributed by atoms with Crippen molar-refractivity contribution < 1.29 is 38.0 Å². The Hall–Kier alpha value is -2.98. The normalized spacial score (nSPS) is 21.8. The van der Waals surface area contributed by atoms with Crippen LogP contribution in [0.15, 0.2) is 48.5 Å². The van der Waals surface area contributed by atoms with E-state index in [1.165, 1.54) is 0 Å². The Kier molecular flexibility index (Phi) is 10.6. The van der Waals surface area contributed by atoms with E-state index < -0.39 is 24.4 Å². The van der Waals surface area contributed by atoms with Crippen molar-refractivity contribution in [1.29, 1.82) is 0 Å². The monoisotopic (exact) mass is 567 g/mol. The van der Waals surface area contributed by atoms with Gasteiger partial charge < -0.3 is 33.7 Å². The molecule has 2 aliphatic heterocycles. The number of hydrogen-bond donors (Lipinski definition) is 1. The minimum atomic E-state index is -1.03. The van der Waals surface area contributed by atoms with Gasteiger partial charge in [0.1, 0.15) is 6.61 Å². The first kappa shape index (κ1) is 29.5. The third-order valence-corrected chi connectivity index (χ3v) is 7.78. The Labute approximate surface area is 241 Å². The van der Waals surface area contributed by atoms with Gasteiger partial charge in [-0.2, -0.15) is 0 Å². The van der Waals surface area contributed by atoms with Crippen molar-refractivity contribution in [3.63, 3.8) is 0 Å². The van der Waals surface area contributed by atoms with Crippen LogP contribution in [0.1, 0.15) is 68.9 Å². The van der Waals surface area contributed by atoms with Crippen LogP contribution < -0.4 is 5.32 Å². The number of alkyl carbamates (subject to hydrolysis) is 1. The maximum atomic E-state index is 13.0. The topological polar surface area (TPSA) is 102 Å². The summed E-state index contributed by atoms with van der Waals surface area (Å²) in [6.45, 7) is 3.69. The van der Waals surface area contributed by atoms with Crippen molar-refractivity contribution in [2.75, 3.05) is 33.0 Å². The number of ether oxygens (including phenoxy) is 6. The third kappa shape index (κ3) is 8.07. The Morgan fingerprint density at radius 2 is 1.54 bits per heavy atom. The van der Waals surface area contributed by atoms with Gasteiger partial charge in [-0.3, -0.25) is 0 Å². The lowest BCUT2D eigenvalue weighted by atomic mass is 9.98. The van der Waals surface area contributed by atoms with Crippen LogP contribution in [-0.2, 0) is 33.2 Å². The van der Waals surface area contributed by atoms with E-state index in [0.29, 0.717) is 26.1 Å². The maximum Gasteiger partial charge on any atom is 0.407 e. The summed E-state index contributed by atoms with van der Waals surface area (Å²) in [7, 11) is 0. The van der Waals surface area contributed by atoms with Crippen LogP contribution in [0.25, 0.3) is 11.1 Å². The van der Waals surface area contributed by atoms with E-state index in [0.717, 1.165) is 61.0 Å². The molecule has 1 aliphatic carbocycles. The fourth-order valence-electron chi connectivity index (χ4n) is 5.56. The maximum absolute atomic E-state index is 13.0. The van der Waals surface area contributed by atoms with Crippen LogP contribution >= 0.6 is 0 Å². The number of carbonyl (C=O) groups is 2. The third-order valence-electron chi connectivity index (χ3n) is 7.78. The van der Waals surface area contributed by atoms with Gasteiger partial charge in [0.15, 0.2) is 12.3 Å². The van der Waals surface area contributed by atoms with E-state index in [4.69, 9.17) is 28.4 Å². The first-order valence-electron chi connectivity index (χ1n) is 14.9. The quantitative estimate of drug-likeness (QED) is 0.272. The molecule has 0 radical (unpaired) electrons. The summed E-state index contributed by atoms with van der Waals surface area (Å²) in [4.78, 5) is 26.0. The average Bonchev–Trinajstić information content (AvgIpc) is 3.32. The second-order valence-corrected chi connectivity index (χ2v) is 10.9. The summed E-state index contributed by atoms with van der Waals surface area (Å²) in [5, 5.41) is 2.66. The number of nitrogens with one attached hydrogen (secondary N) is 1. The van der Waals surface area contributed by atoms with E-state index >= 15 is 0 Å².